The molecular formula is C16H18O8. The van der Waals surface area contributed by atoms with Gasteiger partial charge in [-0.3, -0.25) is 0 Å². The third-order valence-corrected chi connectivity index (χ3v) is 4.02. The molecule has 8 heteroatoms. The Labute approximate surface area is 136 Å². The largest absolute Gasteiger partial charge is 0.462 e. The lowest BCUT2D eigenvalue weighted by molar-refractivity contribution is -0.277. The minimum atomic E-state index is -1.53. The summed E-state index contributed by atoms with van der Waals surface area (Å²) in [5, 5.41) is 39.4. The van der Waals surface area contributed by atoms with Crippen LogP contribution in [0.5, 0.6) is 5.75 Å². The van der Waals surface area contributed by atoms with Crippen molar-refractivity contribution in [1.29, 1.82) is 0 Å². The topological polar surface area (TPSA) is 130 Å². The van der Waals surface area contributed by atoms with Crippen LogP contribution in [0, 0.1) is 6.92 Å². The highest BCUT2D eigenvalue weighted by Crippen LogP contribution is 2.27. The summed E-state index contributed by atoms with van der Waals surface area (Å²) in [6.45, 7) is 1.23. The summed E-state index contributed by atoms with van der Waals surface area (Å²) >= 11 is 0. The zero-order chi connectivity index (χ0) is 17.4. The number of rotatable bonds is 3. The van der Waals surface area contributed by atoms with Gasteiger partial charge in [0.15, 0.2) is 0 Å². The molecule has 1 aromatic carbocycles. The van der Waals surface area contributed by atoms with Crippen molar-refractivity contribution in [2.75, 3.05) is 6.61 Å². The van der Waals surface area contributed by atoms with Gasteiger partial charge in [0, 0.05) is 17.5 Å². The summed E-state index contributed by atoms with van der Waals surface area (Å²) < 4.78 is 15.9. The first kappa shape index (κ1) is 16.9. The molecule has 5 atom stereocenters. The van der Waals surface area contributed by atoms with E-state index in [0.717, 1.165) is 10.9 Å². The van der Waals surface area contributed by atoms with Gasteiger partial charge in [-0.05, 0) is 24.6 Å². The Hall–Kier alpha value is -1.97. The quantitative estimate of drug-likeness (QED) is 0.540. The van der Waals surface area contributed by atoms with E-state index >= 15 is 0 Å². The Morgan fingerprint density at radius 3 is 2.58 bits per heavy atom. The maximum absolute atomic E-state index is 11.5. The second kappa shape index (κ2) is 6.50. The van der Waals surface area contributed by atoms with Gasteiger partial charge in [-0.2, -0.15) is 0 Å². The van der Waals surface area contributed by atoms with E-state index in [2.05, 4.69) is 0 Å². The first-order valence-corrected chi connectivity index (χ1v) is 7.42. The van der Waals surface area contributed by atoms with Crippen molar-refractivity contribution in [1.82, 2.24) is 0 Å². The van der Waals surface area contributed by atoms with Crippen molar-refractivity contribution in [2.45, 2.75) is 37.6 Å². The summed E-state index contributed by atoms with van der Waals surface area (Å²) in [7, 11) is 0. The van der Waals surface area contributed by atoms with Gasteiger partial charge in [0.25, 0.3) is 0 Å². The fraction of sp³-hybridized carbons (Fsp3) is 0.438. The number of benzene rings is 1. The van der Waals surface area contributed by atoms with Crippen LogP contribution in [0.2, 0.25) is 0 Å². The Bertz CT molecular complexity index is 783. The predicted molar refractivity (Wildman–Crippen MR) is 81.6 cm³/mol. The van der Waals surface area contributed by atoms with Crippen LogP contribution in [0.15, 0.2) is 33.5 Å². The van der Waals surface area contributed by atoms with Crippen molar-refractivity contribution < 1.29 is 34.3 Å². The third kappa shape index (κ3) is 3.02. The van der Waals surface area contributed by atoms with Crippen molar-refractivity contribution in [2.24, 2.45) is 0 Å². The molecule has 1 aromatic heterocycles. The van der Waals surface area contributed by atoms with E-state index in [4.69, 9.17) is 19.0 Å². The van der Waals surface area contributed by atoms with Gasteiger partial charge in [-0.25, -0.2) is 4.79 Å². The first-order chi connectivity index (χ1) is 11.4. The summed E-state index contributed by atoms with van der Waals surface area (Å²) in [4.78, 5) is 11.5. The molecule has 2 heterocycles. The normalized spacial score (nSPS) is 30.5. The molecule has 1 aliphatic rings. The van der Waals surface area contributed by atoms with E-state index < -0.39 is 42.9 Å². The van der Waals surface area contributed by atoms with E-state index in [1.54, 1.807) is 19.1 Å². The molecule has 0 aliphatic carbocycles. The summed E-state index contributed by atoms with van der Waals surface area (Å²) in [5.74, 6) is 0.237. The van der Waals surface area contributed by atoms with Crippen molar-refractivity contribution >= 4 is 11.0 Å². The van der Waals surface area contributed by atoms with E-state index in [-0.39, 0.29) is 5.75 Å². The lowest BCUT2D eigenvalue weighted by Crippen LogP contribution is -2.60. The molecule has 3 rings (SSSR count). The zero-order valence-electron chi connectivity index (χ0n) is 12.8. The number of fused-ring (bicyclic) bond motifs is 1. The SMILES string of the molecule is Cc1cc(=O)oc2cc(O[C@@H]3O[C@H](CO)[C@@H](O)[C@H](O)[C@@H]3O)ccc12. The Morgan fingerprint density at radius 1 is 1.12 bits per heavy atom. The smallest absolute Gasteiger partial charge is 0.336 e. The van der Waals surface area contributed by atoms with Gasteiger partial charge in [0.05, 0.1) is 6.61 Å². The molecule has 0 spiro atoms. The van der Waals surface area contributed by atoms with Crippen LogP contribution in [-0.4, -0.2) is 57.7 Å². The number of aliphatic hydroxyl groups is 4. The van der Waals surface area contributed by atoms with Crippen LogP contribution >= 0.6 is 0 Å². The molecule has 130 valence electrons. The maximum atomic E-state index is 11.5. The highest BCUT2D eigenvalue weighted by molar-refractivity contribution is 5.81. The van der Waals surface area contributed by atoms with Gasteiger partial charge in [-0.15, -0.1) is 0 Å². The summed E-state index contributed by atoms with van der Waals surface area (Å²) in [6, 6.07) is 6.12. The Balaban J connectivity index is 1.87. The predicted octanol–water partition coefficient (Wildman–Crippen LogP) is -0.720. The molecule has 0 amide bonds. The third-order valence-electron chi connectivity index (χ3n) is 4.02. The van der Waals surface area contributed by atoms with Crippen LogP contribution in [0.3, 0.4) is 0 Å². The van der Waals surface area contributed by atoms with Crippen LogP contribution in [0.4, 0.5) is 0 Å². The molecule has 24 heavy (non-hydrogen) atoms. The lowest BCUT2D eigenvalue weighted by Gasteiger charge is -2.39. The van der Waals surface area contributed by atoms with Crippen molar-refractivity contribution in [3.8, 4) is 5.75 Å². The molecule has 0 unspecified atom stereocenters. The average Bonchev–Trinajstić information content (AvgIpc) is 2.55. The van der Waals surface area contributed by atoms with E-state index in [0.29, 0.717) is 5.58 Å². The minimum Gasteiger partial charge on any atom is -0.462 e. The monoisotopic (exact) mass is 338 g/mol. The molecule has 2 aromatic rings. The molecule has 0 radical (unpaired) electrons. The van der Waals surface area contributed by atoms with E-state index in [1.165, 1.54) is 12.1 Å². The standard InChI is InChI=1S/C16H18O8/c1-7-4-12(18)23-10-5-8(2-3-9(7)10)22-16-15(21)14(20)13(19)11(6-17)24-16/h2-5,11,13-17,19-21H,6H2,1H3/t11-,13-,14+,15+,16-/m1/s1. The lowest BCUT2D eigenvalue weighted by atomic mass is 9.99. The highest BCUT2D eigenvalue weighted by Gasteiger charge is 2.44. The van der Waals surface area contributed by atoms with Crippen LogP contribution in [-0.2, 0) is 4.74 Å². The zero-order valence-corrected chi connectivity index (χ0v) is 12.8. The Kier molecular flexibility index (Phi) is 4.57. The number of hydrogen-bond donors (Lipinski definition) is 4. The fourth-order valence-electron chi connectivity index (χ4n) is 2.68. The number of hydrogen-bond acceptors (Lipinski definition) is 8. The van der Waals surface area contributed by atoms with Gasteiger partial charge in [0.2, 0.25) is 6.29 Å². The van der Waals surface area contributed by atoms with Crippen LogP contribution in [0.25, 0.3) is 11.0 Å². The van der Waals surface area contributed by atoms with Crippen molar-refractivity contribution in [3.63, 3.8) is 0 Å². The van der Waals surface area contributed by atoms with Crippen LogP contribution in [0.1, 0.15) is 5.56 Å². The van der Waals surface area contributed by atoms with Crippen molar-refractivity contribution in [3.05, 3.63) is 40.2 Å². The summed E-state index contributed by atoms with van der Waals surface area (Å²) in [5.41, 5.74) is 0.563. The molecule has 0 saturated carbocycles. The second-order valence-corrected chi connectivity index (χ2v) is 5.72. The highest BCUT2D eigenvalue weighted by atomic mass is 16.7. The fourth-order valence-corrected chi connectivity index (χ4v) is 2.68. The summed E-state index contributed by atoms with van der Waals surface area (Å²) in [6.07, 6.45) is -6.85. The molecule has 1 fully saturated rings. The average molecular weight is 338 g/mol. The van der Waals surface area contributed by atoms with Gasteiger partial charge in [-0.1, -0.05) is 0 Å². The molecule has 1 saturated heterocycles. The first-order valence-electron chi connectivity index (χ1n) is 7.42. The van der Waals surface area contributed by atoms with E-state index in [1.807, 2.05) is 0 Å². The van der Waals surface area contributed by atoms with E-state index in [9.17, 15) is 20.1 Å². The maximum Gasteiger partial charge on any atom is 0.336 e. The molecule has 8 nitrogen and oxygen atoms in total. The second-order valence-electron chi connectivity index (χ2n) is 5.72. The van der Waals surface area contributed by atoms with Crippen LogP contribution < -0.4 is 10.4 Å². The van der Waals surface area contributed by atoms with Gasteiger partial charge >= 0.3 is 5.63 Å². The molecule has 0 bridgehead atoms. The molecule has 1 aliphatic heterocycles. The number of aliphatic hydroxyl groups excluding tert-OH is 4. The molecular weight excluding hydrogens is 320 g/mol. The molecule has 4 N–H and O–H groups in total. The van der Waals surface area contributed by atoms with Gasteiger partial charge < -0.3 is 34.3 Å². The van der Waals surface area contributed by atoms with Gasteiger partial charge in [0.1, 0.15) is 35.7 Å². The minimum absolute atomic E-state index is 0.237. The number of aryl methyl sites for hydroxylation is 1. The Morgan fingerprint density at radius 2 is 1.88 bits per heavy atom. The number of ether oxygens (including phenoxy) is 2.